The van der Waals surface area contributed by atoms with Crippen LogP contribution in [-0.4, -0.2) is 23.2 Å². The summed E-state index contributed by atoms with van der Waals surface area (Å²) in [5.41, 5.74) is 8.03. The predicted molar refractivity (Wildman–Crippen MR) is 72.6 cm³/mol. The van der Waals surface area contributed by atoms with E-state index in [1.54, 1.807) is 13.2 Å². The summed E-state index contributed by atoms with van der Waals surface area (Å²) in [6.45, 7) is 2.43. The first-order valence-electron chi connectivity index (χ1n) is 6.14. The number of ether oxygens (including phenoxy) is 1. The third-order valence-electron chi connectivity index (χ3n) is 3.24. The molecule has 1 heterocycles. The van der Waals surface area contributed by atoms with Crippen LogP contribution in [0.2, 0.25) is 0 Å². The second kappa shape index (κ2) is 5.40. The highest BCUT2D eigenvalue weighted by Gasteiger charge is 2.17. The van der Waals surface area contributed by atoms with Gasteiger partial charge in [-0.2, -0.15) is 0 Å². The summed E-state index contributed by atoms with van der Waals surface area (Å²) in [7, 11) is 3.50. The molecule has 102 valence electrons. The van der Waals surface area contributed by atoms with Crippen molar-refractivity contribution in [2.45, 2.75) is 13.3 Å². The lowest BCUT2D eigenvalue weighted by molar-refractivity contribution is 0.415. The Kier molecular flexibility index (Phi) is 3.85. The van der Waals surface area contributed by atoms with Gasteiger partial charge in [0, 0.05) is 24.7 Å². The van der Waals surface area contributed by atoms with Crippen molar-refractivity contribution >= 4 is 0 Å². The molecule has 2 aromatic rings. The van der Waals surface area contributed by atoms with Crippen LogP contribution in [0.3, 0.4) is 0 Å². The van der Waals surface area contributed by atoms with Crippen molar-refractivity contribution in [2.75, 3.05) is 13.7 Å². The van der Waals surface area contributed by atoms with E-state index in [0.717, 1.165) is 17.2 Å². The number of aromatic nitrogens is 2. The van der Waals surface area contributed by atoms with E-state index in [-0.39, 0.29) is 5.82 Å². The molecule has 0 aliphatic carbocycles. The van der Waals surface area contributed by atoms with Crippen LogP contribution in [0.1, 0.15) is 11.5 Å². The lowest BCUT2D eigenvalue weighted by Crippen LogP contribution is -2.08. The molecule has 0 bridgehead atoms. The Morgan fingerprint density at radius 1 is 1.42 bits per heavy atom. The van der Waals surface area contributed by atoms with Crippen molar-refractivity contribution in [3.63, 3.8) is 0 Å². The fourth-order valence-corrected chi connectivity index (χ4v) is 2.16. The fraction of sp³-hybridized carbons (Fsp3) is 0.357. The van der Waals surface area contributed by atoms with Crippen molar-refractivity contribution in [1.82, 2.24) is 9.55 Å². The first-order valence-corrected chi connectivity index (χ1v) is 6.14. The molecule has 0 spiro atoms. The Hall–Kier alpha value is -1.88. The highest BCUT2D eigenvalue weighted by molar-refractivity contribution is 5.69. The number of rotatable bonds is 4. The highest BCUT2D eigenvalue weighted by atomic mass is 19.1. The molecule has 0 aliphatic heterocycles. The second-order valence-corrected chi connectivity index (χ2v) is 4.40. The van der Waals surface area contributed by atoms with Gasteiger partial charge in [0.1, 0.15) is 17.4 Å². The van der Waals surface area contributed by atoms with E-state index in [4.69, 9.17) is 10.5 Å². The van der Waals surface area contributed by atoms with E-state index in [9.17, 15) is 4.39 Å². The van der Waals surface area contributed by atoms with E-state index in [0.29, 0.717) is 24.3 Å². The van der Waals surface area contributed by atoms with Gasteiger partial charge < -0.3 is 15.0 Å². The number of hydrogen-bond acceptors (Lipinski definition) is 3. The molecular weight excluding hydrogens is 245 g/mol. The summed E-state index contributed by atoms with van der Waals surface area (Å²) in [5.74, 6) is 1.17. The third-order valence-corrected chi connectivity index (χ3v) is 3.24. The Bertz CT molecular complexity index is 593. The van der Waals surface area contributed by atoms with Crippen LogP contribution in [0.25, 0.3) is 11.3 Å². The molecule has 4 nitrogen and oxygen atoms in total. The minimum Gasteiger partial charge on any atom is -0.496 e. The number of nitrogens with zero attached hydrogens (tertiary/aromatic N) is 2. The van der Waals surface area contributed by atoms with Crippen LogP contribution in [0.15, 0.2) is 18.2 Å². The van der Waals surface area contributed by atoms with E-state index < -0.39 is 0 Å². The average Bonchev–Trinajstić information content (AvgIpc) is 2.67. The lowest BCUT2D eigenvalue weighted by atomic mass is 10.1. The van der Waals surface area contributed by atoms with Gasteiger partial charge in [-0.05, 0) is 31.7 Å². The molecule has 2 N–H and O–H groups in total. The predicted octanol–water partition coefficient (Wildman–Crippen LogP) is 2.04. The Morgan fingerprint density at radius 3 is 2.79 bits per heavy atom. The Balaban J connectivity index is 2.64. The standard InChI is InChI=1S/C14H18FN3O/c1-9-17-14(12(6-7-16)18(9)2)11-8-10(15)4-5-13(11)19-3/h4-5,8H,6-7,16H2,1-3H3. The molecule has 0 saturated heterocycles. The van der Waals surface area contributed by atoms with Crippen LogP contribution < -0.4 is 10.5 Å². The van der Waals surface area contributed by atoms with Gasteiger partial charge in [-0.25, -0.2) is 9.37 Å². The quantitative estimate of drug-likeness (QED) is 0.918. The first kappa shape index (κ1) is 13.5. The van der Waals surface area contributed by atoms with Crippen molar-refractivity contribution in [1.29, 1.82) is 0 Å². The molecule has 0 saturated carbocycles. The van der Waals surface area contributed by atoms with Crippen molar-refractivity contribution in [2.24, 2.45) is 12.8 Å². The topological polar surface area (TPSA) is 53.1 Å². The number of methoxy groups -OCH3 is 1. The van der Waals surface area contributed by atoms with Gasteiger partial charge in [0.15, 0.2) is 0 Å². The van der Waals surface area contributed by atoms with E-state index >= 15 is 0 Å². The van der Waals surface area contributed by atoms with Gasteiger partial charge in [-0.1, -0.05) is 0 Å². The molecule has 0 radical (unpaired) electrons. The number of halogens is 1. The highest BCUT2D eigenvalue weighted by Crippen LogP contribution is 2.32. The molecule has 1 aromatic heterocycles. The van der Waals surface area contributed by atoms with Crippen LogP contribution in [0, 0.1) is 12.7 Å². The van der Waals surface area contributed by atoms with E-state index in [1.165, 1.54) is 12.1 Å². The normalized spacial score (nSPS) is 10.8. The largest absolute Gasteiger partial charge is 0.496 e. The van der Waals surface area contributed by atoms with Crippen LogP contribution in [-0.2, 0) is 13.5 Å². The Morgan fingerprint density at radius 2 is 2.16 bits per heavy atom. The Labute approximate surface area is 112 Å². The van der Waals surface area contributed by atoms with Gasteiger partial charge in [-0.15, -0.1) is 0 Å². The summed E-state index contributed by atoms with van der Waals surface area (Å²) in [6.07, 6.45) is 0.687. The monoisotopic (exact) mass is 263 g/mol. The van der Waals surface area contributed by atoms with Gasteiger partial charge in [0.05, 0.1) is 12.8 Å². The summed E-state index contributed by atoms with van der Waals surface area (Å²) >= 11 is 0. The van der Waals surface area contributed by atoms with E-state index in [1.807, 2.05) is 18.5 Å². The maximum Gasteiger partial charge on any atom is 0.128 e. The number of hydrogen-bond donors (Lipinski definition) is 1. The molecule has 19 heavy (non-hydrogen) atoms. The molecule has 0 unspecified atom stereocenters. The molecule has 0 amide bonds. The van der Waals surface area contributed by atoms with Gasteiger partial charge in [0.25, 0.3) is 0 Å². The smallest absolute Gasteiger partial charge is 0.128 e. The van der Waals surface area contributed by atoms with Crippen LogP contribution >= 0.6 is 0 Å². The average molecular weight is 263 g/mol. The molecular formula is C14H18FN3O. The van der Waals surface area contributed by atoms with Crippen LogP contribution in [0.5, 0.6) is 5.75 Å². The SMILES string of the molecule is COc1ccc(F)cc1-c1nc(C)n(C)c1CCN. The number of nitrogens with two attached hydrogens (primary N) is 1. The summed E-state index contributed by atoms with van der Waals surface area (Å²) in [6, 6.07) is 4.43. The van der Waals surface area contributed by atoms with E-state index in [2.05, 4.69) is 4.98 Å². The summed E-state index contributed by atoms with van der Waals surface area (Å²) in [4.78, 5) is 4.51. The van der Waals surface area contributed by atoms with Crippen LogP contribution in [0.4, 0.5) is 4.39 Å². The maximum absolute atomic E-state index is 13.5. The minimum atomic E-state index is -0.308. The number of imidazole rings is 1. The fourth-order valence-electron chi connectivity index (χ4n) is 2.16. The minimum absolute atomic E-state index is 0.308. The molecule has 2 rings (SSSR count). The van der Waals surface area contributed by atoms with Crippen molar-refractivity contribution in [3.05, 3.63) is 35.5 Å². The second-order valence-electron chi connectivity index (χ2n) is 4.40. The van der Waals surface area contributed by atoms with Crippen molar-refractivity contribution in [3.8, 4) is 17.0 Å². The molecule has 0 fully saturated rings. The number of benzene rings is 1. The maximum atomic E-state index is 13.5. The van der Waals surface area contributed by atoms with Gasteiger partial charge in [-0.3, -0.25) is 0 Å². The zero-order valence-corrected chi connectivity index (χ0v) is 11.4. The lowest BCUT2D eigenvalue weighted by Gasteiger charge is -2.09. The third kappa shape index (κ3) is 2.46. The molecule has 1 aromatic carbocycles. The summed E-state index contributed by atoms with van der Waals surface area (Å²) < 4.78 is 20.7. The zero-order valence-electron chi connectivity index (χ0n) is 11.4. The summed E-state index contributed by atoms with van der Waals surface area (Å²) in [5, 5.41) is 0. The molecule has 5 heteroatoms. The van der Waals surface area contributed by atoms with Gasteiger partial charge in [0.2, 0.25) is 0 Å². The molecule has 0 aliphatic rings. The zero-order chi connectivity index (χ0) is 14.0. The van der Waals surface area contributed by atoms with Crippen molar-refractivity contribution < 1.29 is 9.13 Å². The van der Waals surface area contributed by atoms with Gasteiger partial charge >= 0.3 is 0 Å². The first-order chi connectivity index (χ1) is 9.08. The molecule has 0 atom stereocenters. The number of aryl methyl sites for hydroxylation is 1.